The third-order valence-corrected chi connectivity index (χ3v) is 23.0. The summed E-state index contributed by atoms with van der Waals surface area (Å²) >= 11 is 0. The van der Waals surface area contributed by atoms with Gasteiger partial charge in [-0.05, 0) is 44.9 Å². The van der Waals surface area contributed by atoms with Gasteiger partial charge in [0.25, 0.3) is 0 Å². The van der Waals surface area contributed by atoms with Gasteiger partial charge in [-0.25, -0.2) is 0 Å². The summed E-state index contributed by atoms with van der Waals surface area (Å²) < 4.78 is 34.6. The van der Waals surface area contributed by atoms with Crippen LogP contribution in [0.15, 0.2) is 24.3 Å². The van der Waals surface area contributed by atoms with Crippen molar-refractivity contribution in [3.05, 3.63) is 24.3 Å². The highest BCUT2D eigenvalue weighted by atomic mass is 16.8. The van der Waals surface area contributed by atoms with Gasteiger partial charge in [-0.15, -0.1) is 0 Å². The largest absolute Gasteiger partial charge is 0.394 e. The Balaban J connectivity index is 1.29. The highest BCUT2D eigenvalue weighted by molar-refractivity contribution is 5.76. The van der Waals surface area contributed by atoms with E-state index in [4.69, 9.17) is 28.4 Å². The number of ether oxygens (including phenoxy) is 6. The summed E-state index contributed by atoms with van der Waals surface area (Å²) in [6.45, 7) is 1.86. The van der Waals surface area contributed by atoms with E-state index in [1.807, 2.05) is 0 Å². The standard InChI is InChI=1S/C89H169NO18/c1-3-5-7-9-11-13-15-17-19-21-23-25-27-29-30-31-32-33-34-35-36-37-38-39-40-41-42-43-45-47-49-51-53-55-57-59-61-63-65-67-77(95)90-72(73(94)66-64-62-60-58-56-54-52-50-48-46-44-28-26-24-22-20-18-16-14-12-10-8-6-4-2)71-103-87-83(101)80(98)85(75(69-92)105-87)108-89-84(102)81(99)86(76(70-93)106-89)107-88-82(100)79(97)78(96)74(68-91)104-88/h15,17,21,23,72-76,78-89,91-94,96-102H,3-14,16,18-20,22,24-71H2,1-2H3,(H,90,95)/b17-15-,23-21-. The number of aliphatic hydroxyl groups is 11. The molecule has 17 unspecified atom stereocenters. The molecule has 3 rings (SSSR count). The Morgan fingerprint density at radius 3 is 0.944 bits per heavy atom. The fourth-order valence-electron chi connectivity index (χ4n) is 15.8. The summed E-state index contributed by atoms with van der Waals surface area (Å²) in [4.78, 5) is 13.5. The predicted molar refractivity (Wildman–Crippen MR) is 434 cm³/mol. The number of hydrogen-bond acceptors (Lipinski definition) is 18. The highest BCUT2D eigenvalue weighted by Crippen LogP contribution is 2.34. The number of allylic oxidation sites excluding steroid dienone is 4. The van der Waals surface area contributed by atoms with E-state index in [0.717, 1.165) is 51.4 Å². The quantitative estimate of drug-likeness (QED) is 0.0199. The molecule has 3 aliphatic rings. The zero-order valence-corrected chi connectivity index (χ0v) is 68.9. The molecule has 0 aliphatic carbocycles. The van der Waals surface area contributed by atoms with E-state index in [9.17, 15) is 61.0 Å². The molecule has 19 heteroatoms. The molecule has 0 saturated carbocycles. The van der Waals surface area contributed by atoms with Crippen LogP contribution in [0.5, 0.6) is 0 Å². The van der Waals surface area contributed by atoms with Crippen LogP contribution in [-0.2, 0) is 33.2 Å². The van der Waals surface area contributed by atoms with Gasteiger partial charge in [-0.1, -0.05) is 378 Å². The van der Waals surface area contributed by atoms with E-state index in [2.05, 4.69) is 43.5 Å². The van der Waals surface area contributed by atoms with Crippen LogP contribution in [0.1, 0.15) is 406 Å². The van der Waals surface area contributed by atoms with Crippen molar-refractivity contribution in [1.82, 2.24) is 5.32 Å². The first-order valence-electron chi connectivity index (χ1n) is 45.6. The van der Waals surface area contributed by atoms with Crippen LogP contribution in [0.25, 0.3) is 0 Å². The molecule has 0 aromatic rings. The van der Waals surface area contributed by atoms with Crippen molar-refractivity contribution in [1.29, 1.82) is 0 Å². The average molecular weight is 1540 g/mol. The van der Waals surface area contributed by atoms with Crippen molar-refractivity contribution in [3.8, 4) is 0 Å². The van der Waals surface area contributed by atoms with Crippen LogP contribution in [0.3, 0.4) is 0 Å². The SMILES string of the molecule is CCCCCCC/C=C\C/C=C\CCCCCCCCCCCCCCCCCCCCCCCCCCCCCC(=O)NC(COC1OC(CO)C(OC2OC(CO)C(OC3OC(CO)C(O)C(O)C3O)C(O)C2O)C(O)C1O)C(O)CCCCCCCCCCCCCCCCCCCCCCCCCC. The lowest BCUT2D eigenvalue weighted by Crippen LogP contribution is -2.66. The molecule has 17 atom stereocenters. The molecule has 3 saturated heterocycles. The van der Waals surface area contributed by atoms with E-state index in [0.29, 0.717) is 12.8 Å². The van der Waals surface area contributed by atoms with E-state index >= 15 is 0 Å². The van der Waals surface area contributed by atoms with Gasteiger partial charge in [-0.3, -0.25) is 4.79 Å². The number of amides is 1. The molecule has 0 radical (unpaired) electrons. The Hall–Kier alpha value is -1.73. The van der Waals surface area contributed by atoms with Crippen molar-refractivity contribution in [3.63, 3.8) is 0 Å². The summed E-state index contributed by atoms with van der Waals surface area (Å²) in [6, 6.07) is -0.886. The maximum atomic E-state index is 13.5. The molecular formula is C89H169NO18. The van der Waals surface area contributed by atoms with E-state index in [1.165, 1.54) is 321 Å². The van der Waals surface area contributed by atoms with E-state index in [1.54, 1.807) is 0 Å². The van der Waals surface area contributed by atoms with Crippen molar-refractivity contribution >= 4 is 5.91 Å². The zero-order chi connectivity index (χ0) is 78.1. The Kier molecular flexibility index (Phi) is 64.7. The number of aliphatic hydroxyl groups excluding tert-OH is 11. The monoisotopic (exact) mass is 1540 g/mol. The molecule has 1 amide bonds. The van der Waals surface area contributed by atoms with Crippen LogP contribution in [0, 0.1) is 0 Å². The molecule has 12 N–H and O–H groups in total. The Morgan fingerprint density at radius 1 is 0.333 bits per heavy atom. The summed E-state index contributed by atoms with van der Waals surface area (Å²) in [5, 5.41) is 121. The number of rotatable bonds is 75. The predicted octanol–water partition coefficient (Wildman–Crippen LogP) is 17.2. The van der Waals surface area contributed by atoms with Crippen molar-refractivity contribution in [2.45, 2.75) is 510 Å². The summed E-state index contributed by atoms with van der Waals surface area (Å²) in [6.07, 6.45) is 60.1. The second-order valence-electron chi connectivity index (χ2n) is 32.8. The second kappa shape index (κ2) is 69.6. The average Bonchev–Trinajstić information content (AvgIpc) is 0.775. The van der Waals surface area contributed by atoms with Crippen molar-refractivity contribution in [2.24, 2.45) is 0 Å². The lowest BCUT2D eigenvalue weighted by Gasteiger charge is -2.48. The minimum Gasteiger partial charge on any atom is -0.394 e. The van der Waals surface area contributed by atoms with Crippen LogP contribution < -0.4 is 5.32 Å². The first-order valence-corrected chi connectivity index (χ1v) is 45.6. The topological polar surface area (TPSA) is 307 Å². The Morgan fingerprint density at radius 2 is 0.611 bits per heavy atom. The van der Waals surface area contributed by atoms with Crippen LogP contribution in [0.4, 0.5) is 0 Å². The molecular weight excluding hydrogens is 1370 g/mol. The van der Waals surface area contributed by atoms with Gasteiger partial charge >= 0.3 is 0 Å². The summed E-state index contributed by atoms with van der Waals surface area (Å²) in [7, 11) is 0. The number of hydrogen-bond donors (Lipinski definition) is 12. The Bertz CT molecular complexity index is 2040. The van der Waals surface area contributed by atoms with Gasteiger partial charge in [0, 0.05) is 6.42 Å². The lowest BCUT2D eigenvalue weighted by molar-refractivity contribution is -0.379. The molecule has 0 spiro atoms. The number of carbonyl (C=O) groups is 1. The number of carbonyl (C=O) groups excluding carboxylic acids is 1. The van der Waals surface area contributed by atoms with Gasteiger partial charge in [-0.2, -0.15) is 0 Å². The smallest absolute Gasteiger partial charge is 0.220 e. The van der Waals surface area contributed by atoms with Gasteiger partial charge < -0.3 is 89.9 Å². The van der Waals surface area contributed by atoms with Gasteiger partial charge in [0.1, 0.15) is 73.2 Å². The third kappa shape index (κ3) is 48.0. The normalized spacial score (nSPS) is 25.4. The summed E-state index contributed by atoms with van der Waals surface area (Å²) in [5.74, 6) is -0.233. The maximum absolute atomic E-state index is 13.5. The number of nitrogens with one attached hydrogen (secondary N) is 1. The third-order valence-electron chi connectivity index (χ3n) is 23.0. The first-order chi connectivity index (χ1) is 52.8. The van der Waals surface area contributed by atoms with E-state index < -0.39 is 124 Å². The maximum Gasteiger partial charge on any atom is 0.220 e. The van der Waals surface area contributed by atoms with Crippen molar-refractivity contribution < 1.29 is 89.4 Å². The fourth-order valence-corrected chi connectivity index (χ4v) is 15.8. The van der Waals surface area contributed by atoms with Gasteiger partial charge in [0.05, 0.1) is 38.6 Å². The molecule has 19 nitrogen and oxygen atoms in total. The second-order valence-corrected chi connectivity index (χ2v) is 32.8. The molecule has 3 aliphatic heterocycles. The van der Waals surface area contributed by atoms with Crippen LogP contribution >= 0.6 is 0 Å². The van der Waals surface area contributed by atoms with Gasteiger partial charge in [0.2, 0.25) is 5.91 Å². The van der Waals surface area contributed by atoms with Crippen LogP contribution in [-0.4, -0.2) is 193 Å². The molecule has 3 heterocycles. The van der Waals surface area contributed by atoms with Gasteiger partial charge in [0.15, 0.2) is 18.9 Å². The molecule has 108 heavy (non-hydrogen) atoms. The minimum absolute atomic E-state index is 0.233. The molecule has 0 aromatic carbocycles. The summed E-state index contributed by atoms with van der Waals surface area (Å²) in [5.41, 5.74) is 0. The zero-order valence-electron chi connectivity index (χ0n) is 68.9. The molecule has 0 bridgehead atoms. The highest BCUT2D eigenvalue weighted by Gasteiger charge is 2.54. The van der Waals surface area contributed by atoms with E-state index in [-0.39, 0.29) is 18.9 Å². The lowest BCUT2D eigenvalue weighted by atomic mass is 9.96. The van der Waals surface area contributed by atoms with Crippen LogP contribution in [0.2, 0.25) is 0 Å². The molecule has 0 aromatic heterocycles. The molecule has 3 fully saturated rings. The minimum atomic E-state index is -1.97. The molecule has 638 valence electrons. The number of unbranched alkanes of at least 4 members (excludes halogenated alkanes) is 55. The fraction of sp³-hybridized carbons (Fsp3) is 0.944. The van der Waals surface area contributed by atoms with Crippen molar-refractivity contribution in [2.75, 3.05) is 26.4 Å². The first kappa shape index (κ1) is 100. The Labute approximate surface area is 658 Å².